The van der Waals surface area contributed by atoms with Gasteiger partial charge < -0.3 is 20.1 Å². The minimum absolute atomic E-state index is 0.286. The molecule has 0 fully saturated rings. The molecule has 4 nitrogen and oxygen atoms in total. The van der Waals surface area contributed by atoms with Crippen LogP contribution in [0.25, 0.3) is 0 Å². The number of rotatable bonds is 4. The van der Waals surface area contributed by atoms with Gasteiger partial charge in [0.15, 0.2) is 0 Å². The van der Waals surface area contributed by atoms with Crippen LogP contribution in [0.4, 0.5) is 0 Å². The van der Waals surface area contributed by atoms with Crippen molar-refractivity contribution in [1.82, 2.24) is 0 Å². The monoisotopic (exact) mass is 180 g/mol. The molecule has 0 rings (SSSR count). The van der Waals surface area contributed by atoms with Crippen molar-refractivity contribution in [3.8, 4) is 0 Å². The van der Waals surface area contributed by atoms with Gasteiger partial charge in [-0.05, 0) is 6.42 Å². The maximum absolute atomic E-state index is 9.73. The summed E-state index contributed by atoms with van der Waals surface area (Å²) in [6, 6.07) is 0. The van der Waals surface area contributed by atoms with E-state index in [0.717, 1.165) is 33.3 Å². The van der Waals surface area contributed by atoms with Gasteiger partial charge in [0.2, 0.25) is 0 Å². The second-order valence-corrected chi connectivity index (χ2v) is 1.84. The number of aldehydes is 1. The number of carbonyl (C=O) groups is 1. The SMILES string of the molecule is CCCC(O)CC=O.CO.CO. The summed E-state index contributed by atoms with van der Waals surface area (Å²) in [4.78, 5) is 9.73. The molecule has 0 radical (unpaired) electrons. The third kappa shape index (κ3) is 22.7. The van der Waals surface area contributed by atoms with E-state index in [2.05, 4.69) is 0 Å². The fourth-order valence-electron chi connectivity index (χ4n) is 0.562. The van der Waals surface area contributed by atoms with Crippen LogP contribution < -0.4 is 0 Å². The molecule has 1 unspecified atom stereocenters. The summed E-state index contributed by atoms with van der Waals surface area (Å²) in [5, 5.41) is 22.8. The highest BCUT2D eigenvalue weighted by Gasteiger charge is 1.98. The third-order valence-corrected chi connectivity index (χ3v) is 0.990. The van der Waals surface area contributed by atoms with Crippen molar-refractivity contribution in [2.24, 2.45) is 0 Å². The molecule has 0 spiro atoms. The Bertz CT molecular complexity index is 66.1. The molecule has 0 saturated carbocycles. The smallest absolute Gasteiger partial charge is 0.122 e. The van der Waals surface area contributed by atoms with Crippen LogP contribution in [-0.2, 0) is 4.79 Å². The summed E-state index contributed by atoms with van der Waals surface area (Å²) in [7, 11) is 2.00. The minimum Gasteiger partial charge on any atom is -0.400 e. The van der Waals surface area contributed by atoms with Gasteiger partial charge in [-0.3, -0.25) is 0 Å². The van der Waals surface area contributed by atoms with Crippen molar-refractivity contribution in [3.63, 3.8) is 0 Å². The predicted octanol–water partition coefficient (Wildman–Crippen LogP) is -0.0466. The molecule has 0 aliphatic heterocycles. The summed E-state index contributed by atoms with van der Waals surface area (Å²) >= 11 is 0. The number of hydrogen-bond acceptors (Lipinski definition) is 4. The number of carbonyl (C=O) groups excluding carboxylic acids is 1. The Morgan fingerprint density at radius 2 is 1.67 bits per heavy atom. The maximum atomic E-state index is 9.73. The lowest BCUT2D eigenvalue weighted by molar-refractivity contribution is -0.109. The second-order valence-electron chi connectivity index (χ2n) is 1.84. The quantitative estimate of drug-likeness (QED) is 0.530. The van der Waals surface area contributed by atoms with Gasteiger partial charge in [-0.1, -0.05) is 13.3 Å². The fourth-order valence-corrected chi connectivity index (χ4v) is 0.562. The third-order valence-electron chi connectivity index (χ3n) is 0.990. The molecule has 0 saturated heterocycles. The molecule has 0 bridgehead atoms. The highest BCUT2D eigenvalue weighted by molar-refractivity contribution is 5.49. The Morgan fingerprint density at radius 1 is 1.25 bits per heavy atom. The van der Waals surface area contributed by atoms with Crippen LogP contribution in [-0.4, -0.2) is 41.9 Å². The van der Waals surface area contributed by atoms with Crippen LogP contribution in [0.2, 0.25) is 0 Å². The van der Waals surface area contributed by atoms with Crippen molar-refractivity contribution < 1.29 is 20.1 Å². The molecule has 0 amide bonds. The molecule has 0 aliphatic rings. The van der Waals surface area contributed by atoms with E-state index in [4.69, 9.17) is 15.3 Å². The average molecular weight is 180 g/mol. The lowest BCUT2D eigenvalue weighted by Crippen LogP contribution is -2.05. The summed E-state index contributed by atoms with van der Waals surface area (Å²) in [6.07, 6.45) is 2.31. The van der Waals surface area contributed by atoms with E-state index in [-0.39, 0.29) is 6.42 Å². The number of hydrogen-bond donors (Lipinski definition) is 3. The molecule has 3 N–H and O–H groups in total. The molecular weight excluding hydrogens is 160 g/mol. The van der Waals surface area contributed by atoms with Crippen LogP contribution in [0.5, 0.6) is 0 Å². The molecule has 0 aromatic heterocycles. The van der Waals surface area contributed by atoms with Crippen molar-refractivity contribution in [2.75, 3.05) is 14.2 Å². The largest absolute Gasteiger partial charge is 0.400 e. The maximum Gasteiger partial charge on any atom is 0.122 e. The first kappa shape index (κ1) is 17.6. The molecule has 12 heavy (non-hydrogen) atoms. The van der Waals surface area contributed by atoms with Gasteiger partial charge in [0.05, 0.1) is 6.10 Å². The molecule has 0 heterocycles. The van der Waals surface area contributed by atoms with Crippen LogP contribution in [0.1, 0.15) is 26.2 Å². The Balaban J connectivity index is -0.000000175. The first-order chi connectivity index (χ1) is 5.81. The minimum atomic E-state index is -0.405. The zero-order chi connectivity index (χ0) is 10.4. The topological polar surface area (TPSA) is 77.8 Å². The summed E-state index contributed by atoms with van der Waals surface area (Å²) in [5.74, 6) is 0. The first-order valence-corrected chi connectivity index (χ1v) is 3.82. The van der Waals surface area contributed by atoms with Gasteiger partial charge >= 0.3 is 0 Å². The zero-order valence-corrected chi connectivity index (χ0v) is 8.03. The van der Waals surface area contributed by atoms with E-state index in [0.29, 0.717) is 0 Å². The molecule has 76 valence electrons. The van der Waals surface area contributed by atoms with Crippen molar-refractivity contribution in [3.05, 3.63) is 0 Å². The molecule has 4 heteroatoms. The fraction of sp³-hybridized carbons (Fsp3) is 0.875. The number of aliphatic hydroxyl groups is 3. The summed E-state index contributed by atoms with van der Waals surface area (Å²) in [5.41, 5.74) is 0. The van der Waals surface area contributed by atoms with E-state index in [1.165, 1.54) is 0 Å². The zero-order valence-electron chi connectivity index (χ0n) is 8.03. The Labute approximate surface area is 73.8 Å². The average Bonchev–Trinajstić information content (AvgIpc) is 2.12. The van der Waals surface area contributed by atoms with Crippen LogP contribution >= 0.6 is 0 Å². The lowest BCUT2D eigenvalue weighted by atomic mass is 10.2. The second kappa shape index (κ2) is 22.4. The van der Waals surface area contributed by atoms with Gasteiger partial charge in [-0.25, -0.2) is 0 Å². The Kier molecular flexibility index (Phi) is 32.9. The molecular formula is C8H20O4. The van der Waals surface area contributed by atoms with E-state index in [1.54, 1.807) is 0 Å². The van der Waals surface area contributed by atoms with Gasteiger partial charge in [0, 0.05) is 20.6 Å². The van der Waals surface area contributed by atoms with E-state index in [9.17, 15) is 4.79 Å². The Morgan fingerprint density at radius 3 is 1.92 bits per heavy atom. The van der Waals surface area contributed by atoms with Crippen LogP contribution in [0, 0.1) is 0 Å². The van der Waals surface area contributed by atoms with Crippen LogP contribution in [0.3, 0.4) is 0 Å². The van der Waals surface area contributed by atoms with Crippen molar-refractivity contribution in [1.29, 1.82) is 0 Å². The Hall–Kier alpha value is -0.450. The van der Waals surface area contributed by atoms with E-state index < -0.39 is 6.10 Å². The summed E-state index contributed by atoms with van der Waals surface area (Å²) in [6.45, 7) is 1.98. The highest BCUT2D eigenvalue weighted by atomic mass is 16.3. The first-order valence-electron chi connectivity index (χ1n) is 3.82. The lowest BCUT2D eigenvalue weighted by Gasteiger charge is -2.01. The normalized spacial score (nSPS) is 9.83. The van der Waals surface area contributed by atoms with Crippen molar-refractivity contribution >= 4 is 6.29 Å². The standard InChI is InChI=1S/C6H12O2.2CH4O/c1-2-3-6(8)4-5-7;2*1-2/h5-6,8H,2-4H2,1H3;2*2H,1H3. The van der Waals surface area contributed by atoms with Gasteiger partial charge in [0.25, 0.3) is 0 Å². The van der Waals surface area contributed by atoms with E-state index in [1.807, 2.05) is 6.92 Å². The van der Waals surface area contributed by atoms with Crippen molar-refractivity contribution in [2.45, 2.75) is 32.3 Å². The predicted molar refractivity (Wildman–Crippen MR) is 47.9 cm³/mol. The molecule has 0 aromatic carbocycles. The number of aliphatic hydroxyl groups excluding tert-OH is 3. The molecule has 0 aliphatic carbocycles. The van der Waals surface area contributed by atoms with Gasteiger partial charge in [0.1, 0.15) is 6.29 Å². The van der Waals surface area contributed by atoms with Gasteiger partial charge in [-0.15, -0.1) is 0 Å². The van der Waals surface area contributed by atoms with Crippen LogP contribution in [0.15, 0.2) is 0 Å². The summed E-state index contributed by atoms with van der Waals surface area (Å²) < 4.78 is 0. The molecule has 1 atom stereocenters. The highest BCUT2D eigenvalue weighted by Crippen LogP contribution is 1.97. The van der Waals surface area contributed by atoms with Gasteiger partial charge in [-0.2, -0.15) is 0 Å². The molecule has 0 aromatic rings. The van der Waals surface area contributed by atoms with E-state index >= 15 is 0 Å².